The third-order valence-electron chi connectivity index (χ3n) is 3.15. The summed E-state index contributed by atoms with van der Waals surface area (Å²) in [6, 6.07) is 0.508. The van der Waals surface area contributed by atoms with Crippen molar-refractivity contribution in [1.29, 1.82) is 0 Å². The lowest BCUT2D eigenvalue weighted by molar-refractivity contribution is -0.138. The first-order valence-electron chi connectivity index (χ1n) is 6.32. The van der Waals surface area contributed by atoms with Crippen LogP contribution in [0.15, 0.2) is 0 Å². The number of amides is 1. The van der Waals surface area contributed by atoms with E-state index in [2.05, 4.69) is 18.7 Å². The molecule has 0 saturated carbocycles. The first kappa shape index (κ1) is 12.5. The van der Waals surface area contributed by atoms with Crippen LogP contribution in [0.5, 0.6) is 0 Å². The van der Waals surface area contributed by atoms with Gasteiger partial charge in [-0.2, -0.15) is 0 Å². The first-order valence-corrected chi connectivity index (χ1v) is 6.32. The van der Waals surface area contributed by atoms with E-state index in [1.54, 1.807) is 0 Å². The summed E-state index contributed by atoms with van der Waals surface area (Å²) in [6.45, 7) is 9.47. The van der Waals surface area contributed by atoms with Gasteiger partial charge in [0.25, 0.3) is 0 Å². The van der Waals surface area contributed by atoms with Gasteiger partial charge in [0.2, 0.25) is 5.91 Å². The number of carbonyl (C=O) groups is 1. The molecule has 88 valence electrons. The highest BCUT2D eigenvalue weighted by molar-refractivity contribution is 5.78. The molecule has 15 heavy (non-hydrogen) atoms. The number of hydrogen-bond acceptors (Lipinski definition) is 1. The van der Waals surface area contributed by atoms with Gasteiger partial charge in [-0.05, 0) is 31.6 Å². The Labute approximate surface area is 94.0 Å². The Morgan fingerprint density at radius 1 is 1.27 bits per heavy atom. The van der Waals surface area contributed by atoms with Gasteiger partial charge in [0, 0.05) is 18.5 Å². The number of hydrogen-bond donors (Lipinski definition) is 0. The molecule has 2 nitrogen and oxygen atoms in total. The maximum Gasteiger partial charge on any atom is 0.225 e. The molecule has 1 aliphatic heterocycles. The molecule has 1 aliphatic rings. The molecule has 0 aromatic rings. The van der Waals surface area contributed by atoms with Crippen molar-refractivity contribution in [3.05, 3.63) is 0 Å². The van der Waals surface area contributed by atoms with Crippen molar-refractivity contribution >= 4 is 5.91 Å². The maximum atomic E-state index is 12.0. The highest BCUT2D eigenvalue weighted by atomic mass is 16.2. The molecule has 1 heterocycles. The third kappa shape index (κ3) is 3.51. The van der Waals surface area contributed by atoms with Gasteiger partial charge in [0.15, 0.2) is 0 Å². The van der Waals surface area contributed by atoms with Crippen LogP contribution < -0.4 is 0 Å². The Bertz CT molecular complexity index is 211. The predicted octanol–water partition coefficient (Wildman–Crippen LogP) is 3.07. The topological polar surface area (TPSA) is 20.3 Å². The zero-order valence-corrected chi connectivity index (χ0v) is 10.6. The molecule has 0 aromatic carbocycles. The average Bonchev–Trinajstić information content (AvgIpc) is 2.16. The number of rotatable bonds is 3. The Kier molecular flexibility index (Phi) is 4.62. The van der Waals surface area contributed by atoms with E-state index in [4.69, 9.17) is 0 Å². The van der Waals surface area contributed by atoms with Crippen molar-refractivity contribution in [2.45, 2.75) is 59.4 Å². The SMILES string of the molecule is CC(C)C[C@H]1CCCCN1C(=O)C(C)C. The molecule has 1 atom stereocenters. The molecule has 0 spiro atoms. The molecule has 1 saturated heterocycles. The minimum Gasteiger partial charge on any atom is -0.339 e. The summed E-state index contributed by atoms with van der Waals surface area (Å²) in [5.41, 5.74) is 0. The fourth-order valence-electron chi connectivity index (χ4n) is 2.41. The van der Waals surface area contributed by atoms with E-state index in [0.29, 0.717) is 17.9 Å². The average molecular weight is 211 g/mol. The summed E-state index contributed by atoms with van der Waals surface area (Å²) in [7, 11) is 0. The number of carbonyl (C=O) groups excluding carboxylic acids is 1. The normalized spacial score (nSPS) is 22.5. The van der Waals surface area contributed by atoms with Crippen LogP contribution in [0.3, 0.4) is 0 Å². The molecule has 0 aromatic heterocycles. The van der Waals surface area contributed by atoms with E-state index in [1.165, 1.54) is 25.7 Å². The van der Waals surface area contributed by atoms with Crippen LogP contribution in [0.2, 0.25) is 0 Å². The van der Waals surface area contributed by atoms with Crippen molar-refractivity contribution in [1.82, 2.24) is 4.90 Å². The summed E-state index contributed by atoms with van der Waals surface area (Å²) in [4.78, 5) is 14.1. The van der Waals surface area contributed by atoms with E-state index < -0.39 is 0 Å². The Balaban J connectivity index is 2.61. The zero-order chi connectivity index (χ0) is 11.4. The van der Waals surface area contributed by atoms with Gasteiger partial charge in [-0.15, -0.1) is 0 Å². The van der Waals surface area contributed by atoms with E-state index in [0.717, 1.165) is 6.54 Å². The summed E-state index contributed by atoms with van der Waals surface area (Å²) >= 11 is 0. The van der Waals surface area contributed by atoms with Gasteiger partial charge in [-0.1, -0.05) is 27.7 Å². The molecule has 1 amide bonds. The monoisotopic (exact) mass is 211 g/mol. The molecular weight excluding hydrogens is 186 g/mol. The van der Waals surface area contributed by atoms with E-state index in [1.807, 2.05) is 13.8 Å². The van der Waals surface area contributed by atoms with E-state index in [9.17, 15) is 4.79 Å². The van der Waals surface area contributed by atoms with Gasteiger partial charge in [0.05, 0.1) is 0 Å². The second kappa shape index (κ2) is 5.53. The standard InChI is InChI=1S/C13H25NO/c1-10(2)9-12-7-5-6-8-14(12)13(15)11(3)4/h10-12H,5-9H2,1-4H3/t12-/m1/s1. The van der Waals surface area contributed by atoms with Crippen molar-refractivity contribution < 1.29 is 4.79 Å². The minimum absolute atomic E-state index is 0.151. The largest absolute Gasteiger partial charge is 0.339 e. The second-order valence-corrected chi connectivity index (χ2v) is 5.47. The highest BCUT2D eigenvalue weighted by Crippen LogP contribution is 2.24. The Morgan fingerprint density at radius 3 is 2.47 bits per heavy atom. The number of piperidine rings is 1. The van der Waals surface area contributed by atoms with E-state index >= 15 is 0 Å². The minimum atomic E-state index is 0.151. The predicted molar refractivity (Wildman–Crippen MR) is 63.6 cm³/mol. The number of likely N-dealkylation sites (tertiary alicyclic amines) is 1. The molecule has 0 aliphatic carbocycles. The molecular formula is C13H25NO. The van der Waals surface area contributed by atoms with Gasteiger partial charge in [0.1, 0.15) is 0 Å². The lowest BCUT2D eigenvalue weighted by Gasteiger charge is -2.37. The molecule has 2 heteroatoms. The van der Waals surface area contributed by atoms with Gasteiger partial charge < -0.3 is 4.90 Å². The summed E-state index contributed by atoms with van der Waals surface area (Å²) < 4.78 is 0. The van der Waals surface area contributed by atoms with Crippen LogP contribution in [0.1, 0.15) is 53.4 Å². The quantitative estimate of drug-likeness (QED) is 0.702. The Hall–Kier alpha value is -0.530. The second-order valence-electron chi connectivity index (χ2n) is 5.47. The summed E-state index contributed by atoms with van der Waals surface area (Å²) in [5.74, 6) is 1.19. The van der Waals surface area contributed by atoms with Crippen molar-refractivity contribution in [2.24, 2.45) is 11.8 Å². The molecule has 0 unspecified atom stereocenters. The van der Waals surface area contributed by atoms with Crippen LogP contribution in [0.25, 0.3) is 0 Å². The van der Waals surface area contributed by atoms with Crippen LogP contribution >= 0.6 is 0 Å². The third-order valence-corrected chi connectivity index (χ3v) is 3.15. The smallest absolute Gasteiger partial charge is 0.225 e. The van der Waals surface area contributed by atoms with Gasteiger partial charge in [-0.25, -0.2) is 0 Å². The van der Waals surface area contributed by atoms with Gasteiger partial charge in [-0.3, -0.25) is 4.79 Å². The molecule has 1 rings (SSSR count). The summed E-state index contributed by atoms with van der Waals surface area (Å²) in [6.07, 6.45) is 4.85. The zero-order valence-electron chi connectivity index (χ0n) is 10.6. The fraction of sp³-hybridized carbons (Fsp3) is 0.923. The summed E-state index contributed by atoms with van der Waals surface area (Å²) in [5, 5.41) is 0. The van der Waals surface area contributed by atoms with Crippen molar-refractivity contribution in [3.8, 4) is 0 Å². The lowest BCUT2D eigenvalue weighted by atomic mass is 9.93. The Morgan fingerprint density at radius 2 is 1.93 bits per heavy atom. The molecule has 0 N–H and O–H groups in total. The van der Waals surface area contributed by atoms with Crippen LogP contribution in [0.4, 0.5) is 0 Å². The van der Waals surface area contributed by atoms with Crippen molar-refractivity contribution in [3.63, 3.8) is 0 Å². The molecule has 0 radical (unpaired) electrons. The molecule has 0 bridgehead atoms. The van der Waals surface area contributed by atoms with Crippen LogP contribution in [0, 0.1) is 11.8 Å². The first-order chi connectivity index (χ1) is 7.02. The van der Waals surface area contributed by atoms with Crippen molar-refractivity contribution in [2.75, 3.05) is 6.54 Å². The maximum absolute atomic E-state index is 12.0. The van der Waals surface area contributed by atoms with E-state index in [-0.39, 0.29) is 5.92 Å². The van der Waals surface area contributed by atoms with Crippen LogP contribution in [-0.2, 0) is 4.79 Å². The van der Waals surface area contributed by atoms with Gasteiger partial charge >= 0.3 is 0 Å². The highest BCUT2D eigenvalue weighted by Gasteiger charge is 2.28. The number of nitrogens with zero attached hydrogens (tertiary/aromatic N) is 1. The fourth-order valence-corrected chi connectivity index (χ4v) is 2.41. The van der Waals surface area contributed by atoms with Crippen LogP contribution in [-0.4, -0.2) is 23.4 Å². The molecule has 1 fully saturated rings. The lowest BCUT2D eigenvalue weighted by Crippen LogP contribution is -2.46.